The number of rotatable bonds is 11. The van der Waals surface area contributed by atoms with E-state index in [1.165, 1.54) is 6.92 Å². The van der Waals surface area contributed by atoms with Crippen molar-refractivity contribution in [3.05, 3.63) is 35.9 Å². The van der Waals surface area contributed by atoms with E-state index in [1.807, 2.05) is 6.07 Å². The SMILES string of the molecule is CC(COCC(=O)O)(COCC(=O)O)C(=O)OCc1ccccc1. The van der Waals surface area contributed by atoms with Crippen molar-refractivity contribution in [1.82, 2.24) is 0 Å². The number of esters is 1. The van der Waals surface area contributed by atoms with Crippen LogP contribution in [0, 0.1) is 5.41 Å². The minimum atomic E-state index is -1.32. The molecule has 0 bridgehead atoms. The largest absolute Gasteiger partial charge is 0.480 e. The van der Waals surface area contributed by atoms with Gasteiger partial charge in [-0.3, -0.25) is 4.79 Å². The molecule has 8 heteroatoms. The monoisotopic (exact) mass is 340 g/mol. The Morgan fingerprint density at radius 2 is 1.46 bits per heavy atom. The van der Waals surface area contributed by atoms with Gasteiger partial charge in [-0.1, -0.05) is 30.3 Å². The van der Waals surface area contributed by atoms with Crippen LogP contribution >= 0.6 is 0 Å². The standard InChI is InChI=1S/C16H20O8/c1-16(10-22-8-13(17)18,11-23-9-14(19)20)15(21)24-7-12-5-3-2-4-6-12/h2-6H,7-11H2,1H3,(H,17,18)(H,19,20). The van der Waals surface area contributed by atoms with E-state index in [9.17, 15) is 14.4 Å². The second-order valence-corrected chi connectivity index (χ2v) is 5.40. The van der Waals surface area contributed by atoms with Gasteiger partial charge in [0.25, 0.3) is 0 Å². The molecule has 0 aliphatic rings. The molecule has 0 radical (unpaired) electrons. The predicted molar refractivity (Wildman–Crippen MR) is 81.3 cm³/mol. The molecule has 2 N–H and O–H groups in total. The number of benzene rings is 1. The number of carboxylic acid groups (broad SMARTS) is 2. The first-order valence-corrected chi connectivity index (χ1v) is 7.14. The van der Waals surface area contributed by atoms with Crippen molar-refractivity contribution in [2.24, 2.45) is 5.41 Å². The maximum Gasteiger partial charge on any atom is 0.329 e. The highest BCUT2D eigenvalue weighted by Gasteiger charge is 2.36. The summed E-state index contributed by atoms with van der Waals surface area (Å²) in [5.74, 6) is -3.02. The van der Waals surface area contributed by atoms with Crippen LogP contribution in [0.3, 0.4) is 0 Å². The normalized spacial score (nSPS) is 11.0. The van der Waals surface area contributed by atoms with Gasteiger partial charge in [0.05, 0.1) is 13.2 Å². The van der Waals surface area contributed by atoms with E-state index in [-0.39, 0.29) is 19.8 Å². The van der Waals surface area contributed by atoms with Crippen molar-refractivity contribution >= 4 is 17.9 Å². The van der Waals surface area contributed by atoms with Crippen molar-refractivity contribution in [3.8, 4) is 0 Å². The van der Waals surface area contributed by atoms with Gasteiger partial charge in [-0.15, -0.1) is 0 Å². The molecule has 0 fully saturated rings. The lowest BCUT2D eigenvalue weighted by atomic mass is 9.93. The summed E-state index contributed by atoms with van der Waals surface area (Å²) in [6.45, 7) is -0.211. The summed E-state index contributed by atoms with van der Waals surface area (Å²) < 4.78 is 15.1. The maximum atomic E-state index is 12.3. The third-order valence-corrected chi connectivity index (χ3v) is 3.00. The van der Waals surface area contributed by atoms with Gasteiger partial charge in [0.15, 0.2) is 0 Å². The zero-order valence-electron chi connectivity index (χ0n) is 13.3. The van der Waals surface area contributed by atoms with Gasteiger partial charge in [0.1, 0.15) is 25.2 Å². The Hall–Kier alpha value is -2.45. The fraction of sp³-hybridized carbons (Fsp3) is 0.438. The number of aliphatic carboxylic acids is 2. The van der Waals surface area contributed by atoms with Crippen molar-refractivity contribution < 1.29 is 38.8 Å². The highest BCUT2D eigenvalue weighted by atomic mass is 16.5. The first-order valence-electron chi connectivity index (χ1n) is 7.14. The van der Waals surface area contributed by atoms with Crippen LogP contribution in [0.1, 0.15) is 12.5 Å². The Balaban J connectivity index is 2.64. The third-order valence-electron chi connectivity index (χ3n) is 3.00. The van der Waals surface area contributed by atoms with Gasteiger partial charge in [-0.25, -0.2) is 9.59 Å². The summed E-state index contributed by atoms with van der Waals surface area (Å²) in [4.78, 5) is 33.4. The average Bonchev–Trinajstić information content (AvgIpc) is 2.52. The molecule has 0 amide bonds. The number of ether oxygens (including phenoxy) is 3. The molecule has 8 nitrogen and oxygen atoms in total. The summed E-state index contributed by atoms with van der Waals surface area (Å²) in [5, 5.41) is 17.2. The summed E-state index contributed by atoms with van der Waals surface area (Å²) in [7, 11) is 0. The molecule has 0 heterocycles. The fourth-order valence-electron chi connectivity index (χ4n) is 1.78. The van der Waals surface area contributed by atoms with Crippen molar-refractivity contribution in [2.45, 2.75) is 13.5 Å². The van der Waals surface area contributed by atoms with Crippen molar-refractivity contribution in [1.29, 1.82) is 0 Å². The van der Waals surface area contributed by atoms with Gasteiger partial charge in [-0.05, 0) is 12.5 Å². The zero-order chi connectivity index (χ0) is 18.0. The topological polar surface area (TPSA) is 119 Å². The molecule has 0 atom stereocenters. The fourth-order valence-corrected chi connectivity index (χ4v) is 1.78. The molecule has 132 valence electrons. The number of hydrogen-bond acceptors (Lipinski definition) is 6. The molecule has 24 heavy (non-hydrogen) atoms. The van der Waals surface area contributed by atoms with Crippen LogP contribution < -0.4 is 0 Å². The van der Waals surface area contributed by atoms with Crippen LogP contribution in [-0.2, 0) is 35.2 Å². The van der Waals surface area contributed by atoms with Crippen LogP contribution in [0.4, 0.5) is 0 Å². The first-order chi connectivity index (χ1) is 11.3. The lowest BCUT2D eigenvalue weighted by Crippen LogP contribution is -2.40. The van der Waals surface area contributed by atoms with Crippen LogP contribution in [0.5, 0.6) is 0 Å². The zero-order valence-corrected chi connectivity index (χ0v) is 13.3. The Morgan fingerprint density at radius 1 is 0.958 bits per heavy atom. The van der Waals surface area contributed by atoms with Crippen LogP contribution in [0.2, 0.25) is 0 Å². The third kappa shape index (κ3) is 7.21. The molecule has 1 aromatic carbocycles. The van der Waals surface area contributed by atoms with E-state index in [2.05, 4.69) is 0 Å². The molecule has 1 rings (SSSR count). The van der Waals surface area contributed by atoms with Gasteiger partial charge in [0.2, 0.25) is 0 Å². The highest BCUT2D eigenvalue weighted by Crippen LogP contribution is 2.21. The highest BCUT2D eigenvalue weighted by molar-refractivity contribution is 5.77. The molecule has 0 saturated carbocycles. The molecular formula is C16H20O8. The van der Waals surface area contributed by atoms with E-state index >= 15 is 0 Å². The summed E-state index contributed by atoms with van der Waals surface area (Å²) in [6.07, 6.45) is 0. The molecule has 0 aliphatic carbocycles. The lowest BCUT2D eigenvalue weighted by Gasteiger charge is -2.26. The molecule has 0 aromatic heterocycles. The maximum absolute atomic E-state index is 12.3. The first kappa shape index (κ1) is 19.6. The quantitative estimate of drug-likeness (QED) is 0.571. The number of hydrogen-bond donors (Lipinski definition) is 2. The molecule has 0 saturated heterocycles. The Labute approximate surface area is 138 Å². The second kappa shape index (κ2) is 9.64. The van der Waals surface area contributed by atoms with Crippen LogP contribution in [0.25, 0.3) is 0 Å². The van der Waals surface area contributed by atoms with Gasteiger partial charge in [0, 0.05) is 0 Å². The van der Waals surface area contributed by atoms with Crippen molar-refractivity contribution in [3.63, 3.8) is 0 Å². The van der Waals surface area contributed by atoms with Gasteiger partial charge >= 0.3 is 17.9 Å². The van der Waals surface area contributed by atoms with E-state index in [4.69, 9.17) is 24.4 Å². The van der Waals surface area contributed by atoms with Crippen LogP contribution in [-0.4, -0.2) is 54.5 Å². The number of carbonyl (C=O) groups excluding carboxylic acids is 1. The van der Waals surface area contributed by atoms with E-state index in [1.54, 1.807) is 24.3 Å². The van der Waals surface area contributed by atoms with Gasteiger partial charge in [-0.2, -0.15) is 0 Å². The molecule has 0 aliphatic heterocycles. The molecule has 0 unspecified atom stereocenters. The van der Waals surface area contributed by atoms with E-state index < -0.39 is 36.5 Å². The van der Waals surface area contributed by atoms with Crippen molar-refractivity contribution in [2.75, 3.05) is 26.4 Å². The molecular weight excluding hydrogens is 320 g/mol. The average molecular weight is 340 g/mol. The van der Waals surface area contributed by atoms with E-state index in [0.717, 1.165) is 5.56 Å². The Kier molecular flexibility index (Phi) is 7.87. The molecule has 0 spiro atoms. The predicted octanol–water partition coefficient (Wildman–Crippen LogP) is 0.939. The summed E-state index contributed by atoms with van der Waals surface area (Å²) >= 11 is 0. The Morgan fingerprint density at radius 3 is 1.92 bits per heavy atom. The smallest absolute Gasteiger partial charge is 0.329 e. The number of carbonyl (C=O) groups is 3. The summed E-state index contributed by atoms with van der Waals surface area (Å²) in [5.41, 5.74) is -0.536. The minimum Gasteiger partial charge on any atom is -0.480 e. The van der Waals surface area contributed by atoms with E-state index in [0.29, 0.717) is 0 Å². The number of carboxylic acids is 2. The summed E-state index contributed by atoms with van der Waals surface area (Å²) in [6, 6.07) is 9.00. The lowest BCUT2D eigenvalue weighted by molar-refractivity contribution is -0.169. The Bertz CT molecular complexity index is 534. The van der Waals surface area contributed by atoms with Gasteiger partial charge < -0.3 is 24.4 Å². The minimum absolute atomic E-state index is 0.0348. The second-order valence-electron chi connectivity index (χ2n) is 5.40. The molecule has 1 aromatic rings. The van der Waals surface area contributed by atoms with Crippen LogP contribution in [0.15, 0.2) is 30.3 Å².